The smallest absolute Gasteiger partial charge is 0.265 e. The van der Waals surface area contributed by atoms with Crippen LogP contribution in [-0.2, 0) is 16.6 Å². The lowest BCUT2D eigenvalue weighted by molar-refractivity contribution is 0.593. The molecule has 0 radical (unpaired) electrons. The molecule has 2 rings (SSSR count). The quantitative estimate of drug-likeness (QED) is 0.923. The van der Waals surface area contributed by atoms with E-state index in [2.05, 4.69) is 5.32 Å². The van der Waals surface area contributed by atoms with Crippen LogP contribution < -0.4 is 9.62 Å². The number of sulfonamides is 1. The highest BCUT2D eigenvalue weighted by atomic mass is 32.2. The van der Waals surface area contributed by atoms with Crippen LogP contribution in [0.2, 0.25) is 0 Å². The van der Waals surface area contributed by atoms with Crippen molar-refractivity contribution >= 4 is 27.0 Å². The molecule has 0 aliphatic rings. The number of nitrogens with zero attached hydrogens (tertiary/aromatic N) is 1. The summed E-state index contributed by atoms with van der Waals surface area (Å²) in [6, 6.07) is 9.13. The Morgan fingerprint density at radius 1 is 1.25 bits per heavy atom. The summed E-state index contributed by atoms with van der Waals surface area (Å²) in [5.74, 6) is 0. The van der Waals surface area contributed by atoms with Crippen molar-refractivity contribution in [3.05, 3.63) is 46.2 Å². The largest absolute Gasteiger partial charge is 0.315 e. The Morgan fingerprint density at radius 3 is 2.60 bits per heavy atom. The van der Waals surface area contributed by atoms with Gasteiger partial charge in [-0.3, -0.25) is 4.31 Å². The number of hydrogen-bond acceptors (Lipinski definition) is 4. The predicted molar refractivity (Wildman–Crippen MR) is 83.9 cm³/mol. The van der Waals surface area contributed by atoms with E-state index in [1.165, 1.54) is 15.6 Å². The third-order valence-electron chi connectivity index (χ3n) is 3.14. The number of hydrogen-bond donors (Lipinski definition) is 1. The van der Waals surface area contributed by atoms with Crippen molar-refractivity contribution in [1.29, 1.82) is 0 Å². The summed E-state index contributed by atoms with van der Waals surface area (Å²) in [6.07, 6.45) is 0. The van der Waals surface area contributed by atoms with Gasteiger partial charge < -0.3 is 5.32 Å². The van der Waals surface area contributed by atoms with Gasteiger partial charge in [0.25, 0.3) is 10.0 Å². The zero-order chi connectivity index (χ0) is 14.8. The molecule has 0 saturated carbocycles. The number of anilines is 1. The summed E-state index contributed by atoms with van der Waals surface area (Å²) in [5, 5.41) is 4.81. The molecule has 0 bridgehead atoms. The lowest BCUT2D eigenvalue weighted by Crippen LogP contribution is -2.28. The molecule has 0 aliphatic carbocycles. The van der Waals surface area contributed by atoms with E-state index in [0.29, 0.717) is 17.1 Å². The Bertz CT molecular complexity index is 693. The highest BCUT2D eigenvalue weighted by molar-refractivity contribution is 7.93. The Hall–Kier alpha value is -1.37. The van der Waals surface area contributed by atoms with Gasteiger partial charge in [0.2, 0.25) is 0 Å². The Morgan fingerprint density at radius 2 is 1.95 bits per heavy atom. The first-order valence-electron chi connectivity index (χ1n) is 6.24. The van der Waals surface area contributed by atoms with Crippen LogP contribution in [-0.4, -0.2) is 22.5 Å². The number of aryl methyl sites for hydroxylation is 1. The number of nitrogens with one attached hydrogen (secondary N) is 1. The van der Waals surface area contributed by atoms with Crippen molar-refractivity contribution in [2.24, 2.45) is 0 Å². The standard InChI is InChI=1S/C14H18N2O2S2/c1-11-6-4-5-7-12(11)16(3)20(17,18)14-8-9-19-13(14)10-15-2/h4-9,15H,10H2,1-3H3. The van der Waals surface area contributed by atoms with Gasteiger partial charge in [-0.15, -0.1) is 11.3 Å². The molecule has 0 fully saturated rings. The van der Waals surface area contributed by atoms with Gasteiger partial charge >= 0.3 is 0 Å². The predicted octanol–water partition coefficient (Wildman–Crippen LogP) is 2.60. The first-order valence-corrected chi connectivity index (χ1v) is 8.56. The number of benzene rings is 1. The van der Waals surface area contributed by atoms with Crippen LogP contribution in [0.5, 0.6) is 0 Å². The normalized spacial score (nSPS) is 11.6. The molecular formula is C14H18N2O2S2. The molecule has 0 amide bonds. The van der Waals surface area contributed by atoms with Gasteiger partial charge in [0.15, 0.2) is 0 Å². The molecular weight excluding hydrogens is 292 g/mol. The van der Waals surface area contributed by atoms with Gasteiger partial charge in [0.05, 0.1) is 5.69 Å². The summed E-state index contributed by atoms with van der Waals surface area (Å²) >= 11 is 1.45. The van der Waals surface area contributed by atoms with E-state index in [1.54, 1.807) is 20.2 Å². The molecule has 1 N–H and O–H groups in total. The van der Waals surface area contributed by atoms with Crippen molar-refractivity contribution < 1.29 is 8.42 Å². The average molecular weight is 310 g/mol. The molecule has 0 unspecified atom stereocenters. The fraction of sp³-hybridized carbons (Fsp3) is 0.286. The highest BCUT2D eigenvalue weighted by Gasteiger charge is 2.25. The summed E-state index contributed by atoms with van der Waals surface area (Å²) in [7, 11) is -0.118. The first kappa shape index (κ1) is 15.0. The maximum atomic E-state index is 12.7. The number of thiophene rings is 1. The summed E-state index contributed by atoms with van der Waals surface area (Å²) < 4.78 is 26.8. The van der Waals surface area contributed by atoms with E-state index in [-0.39, 0.29) is 0 Å². The van der Waals surface area contributed by atoms with Crippen LogP contribution in [0.1, 0.15) is 10.4 Å². The fourth-order valence-electron chi connectivity index (χ4n) is 2.04. The lowest BCUT2D eigenvalue weighted by Gasteiger charge is -2.21. The Labute approximate surface area is 124 Å². The maximum Gasteiger partial charge on any atom is 0.265 e. The molecule has 1 heterocycles. The first-order chi connectivity index (χ1) is 9.48. The zero-order valence-corrected chi connectivity index (χ0v) is 13.4. The van der Waals surface area contributed by atoms with Gasteiger partial charge in [0, 0.05) is 18.5 Å². The molecule has 1 aromatic carbocycles. The van der Waals surface area contributed by atoms with Crippen LogP contribution in [0, 0.1) is 6.92 Å². The van der Waals surface area contributed by atoms with Crippen molar-refractivity contribution in [3.63, 3.8) is 0 Å². The van der Waals surface area contributed by atoms with Crippen LogP contribution in [0.25, 0.3) is 0 Å². The van der Waals surface area contributed by atoms with E-state index in [4.69, 9.17) is 0 Å². The van der Waals surface area contributed by atoms with E-state index in [9.17, 15) is 8.42 Å². The van der Waals surface area contributed by atoms with Crippen LogP contribution in [0.15, 0.2) is 40.6 Å². The van der Waals surface area contributed by atoms with Crippen molar-refractivity contribution in [1.82, 2.24) is 5.32 Å². The summed E-state index contributed by atoms with van der Waals surface area (Å²) in [6.45, 7) is 2.46. The number of rotatable bonds is 5. The highest BCUT2D eigenvalue weighted by Crippen LogP contribution is 2.29. The van der Waals surface area contributed by atoms with Crippen LogP contribution in [0.4, 0.5) is 5.69 Å². The third-order valence-corrected chi connectivity index (χ3v) is 6.04. The monoisotopic (exact) mass is 310 g/mol. The molecule has 108 valence electrons. The third kappa shape index (κ3) is 2.72. The van der Waals surface area contributed by atoms with E-state index < -0.39 is 10.0 Å². The molecule has 1 aromatic heterocycles. The molecule has 0 atom stereocenters. The molecule has 0 aliphatic heterocycles. The maximum absolute atomic E-state index is 12.7. The molecule has 6 heteroatoms. The van der Waals surface area contributed by atoms with Gasteiger partial charge in [-0.25, -0.2) is 8.42 Å². The van der Waals surface area contributed by atoms with E-state index in [1.807, 2.05) is 36.6 Å². The van der Waals surface area contributed by atoms with Gasteiger partial charge in [0.1, 0.15) is 4.90 Å². The van der Waals surface area contributed by atoms with E-state index in [0.717, 1.165) is 10.4 Å². The topological polar surface area (TPSA) is 49.4 Å². The molecule has 2 aromatic rings. The Kier molecular flexibility index (Phi) is 4.47. The van der Waals surface area contributed by atoms with Gasteiger partial charge in [-0.2, -0.15) is 0 Å². The molecule has 4 nitrogen and oxygen atoms in total. The lowest BCUT2D eigenvalue weighted by atomic mass is 10.2. The minimum absolute atomic E-state index is 0.377. The van der Waals surface area contributed by atoms with E-state index >= 15 is 0 Å². The second-order valence-electron chi connectivity index (χ2n) is 4.50. The van der Waals surface area contributed by atoms with Crippen LogP contribution >= 0.6 is 11.3 Å². The fourth-order valence-corrected chi connectivity index (χ4v) is 4.73. The van der Waals surface area contributed by atoms with Crippen molar-refractivity contribution in [2.75, 3.05) is 18.4 Å². The summed E-state index contributed by atoms with van der Waals surface area (Å²) in [4.78, 5) is 1.20. The van der Waals surface area contributed by atoms with Gasteiger partial charge in [-0.1, -0.05) is 18.2 Å². The zero-order valence-electron chi connectivity index (χ0n) is 11.8. The van der Waals surface area contributed by atoms with Crippen LogP contribution in [0.3, 0.4) is 0 Å². The second-order valence-corrected chi connectivity index (χ2v) is 7.44. The number of para-hydroxylation sites is 1. The van der Waals surface area contributed by atoms with Crippen molar-refractivity contribution in [2.45, 2.75) is 18.4 Å². The van der Waals surface area contributed by atoms with Crippen molar-refractivity contribution in [3.8, 4) is 0 Å². The summed E-state index contributed by atoms with van der Waals surface area (Å²) in [5.41, 5.74) is 1.64. The Balaban J connectivity index is 2.45. The minimum Gasteiger partial charge on any atom is -0.315 e. The molecule has 20 heavy (non-hydrogen) atoms. The van der Waals surface area contributed by atoms with Gasteiger partial charge in [-0.05, 0) is 37.0 Å². The molecule has 0 spiro atoms. The SMILES string of the molecule is CNCc1sccc1S(=O)(=O)N(C)c1ccccc1C. The molecule has 0 saturated heterocycles. The second kappa shape index (κ2) is 5.95. The average Bonchev–Trinajstić information content (AvgIpc) is 2.88. The minimum atomic E-state index is -3.52.